The maximum absolute atomic E-state index is 13.8. The number of alkyl halides is 3. The van der Waals surface area contributed by atoms with Gasteiger partial charge in [-0.05, 0) is 35.9 Å². The fraction of sp³-hybridized carbons (Fsp3) is 0.143. The van der Waals surface area contributed by atoms with Crippen LogP contribution < -0.4 is 10.5 Å². The van der Waals surface area contributed by atoms with Crippen LogP contribution in [0.4, 0.5) is 17.6 Å². The van der Waals surface area contributed by atoms with Crippen LogP contribution in [0.1, 0.15) is 5.56 Å². The van der Waals surface area contributed by atoms with Crippen molar-refractivity contribution in [2.45, 2.75) is 12.9 Å². The number of hydrogen-bond donors (Lipinski definition) is 1. The van der Waals surface area contributed by atoms with Crippen molar-refractivity contribution < 1.29 is 22.3 Å². The van der Waals surface area contributed by atoms with Gasteiger partial charge in [0.15, 0.2) is 0 Å². The number of halogens is 5. The summed E-state index contributed by atoms with van der Waals surface area (Å²) in [5, 5.41) is 0.316. The van der Waals surface area contributed by atoms with Crippen molar-refractivity contribution >= 4 is 11.6 Å². The molecular weight excluding hydrogens is 310 g/mol. The molecule has 0 fully saturated rings. The standard InChI is InChI=1S/C14H10ClF4NO/c15-10-2-3-12(16)11(6-10)8-1-4-13(9(5-8)7-20)21-14(17,18)19/h1-6H,7,20H2. The molecule has 7 heteroatoms. The van der Waals surface area contributed by atoms with E-state index in [4.69, 9.17) is 17.3 Å². The molecule has 0 amide bonds. The lowest BCUT2D eigenvalue weighted by Gasteiger charge is -2.14. The van der Waals surface area contributed by atoms with Crippen molar-refractivity contribution in [2.24, 2.45) is 5.73 Å². The first-order valence-corrected chi connectivity index (χ1v) is 6.22. The molecule has 0 saturated carbocycles. The average Bonchev–Trinajstić information content (AvgIpc) is 2.40. The van der Waals surface area contributed by atoms with Gasteiger partial charge >= 0.3 is 6.36 Å². The summed E-state index contributed by atoms with van der Waals surface area (Å²) >= 11 is 5.79. The highest BCUT2D eigenvalue weighted by Crippen LogP contribution is 2.32. The zero-order valence-electron chi connectivity index (χ0n) is 10.5. The van der Waals surface area contributed by atoms with Gasteiger partial charge in [-0.1, -0.05) is 17.7 Å². The second-order valence-corrected chi connectivity index (χ2v) is 4.64. The highest BCUT2D eigenvalue weighted by molar-refractivity contribution is 6.30. The highest BCUT2D eigenvalue weighted by atomic mass is 35.5. The first-order valence-electron chi connectivity index (χ1n) is 5.84. The van der Waals surface area contributed by atoms with Gasteiger partial charge in [-0.2, -0.15) is 0 Å². The largest absolute Gasteiger partial charge is 0.573 e. The topological polar surface area (TPSA) is 35.2 Å². The molecule has 2 rings (SSSR count). The molecule has 0 aliphatic rings. The van der Waals surface area contributed by atoms with E-state index in [1.165, 1.54) is 30.3 Å². The minimum atomic E-state index is -4.81. The molecule has 0 atom stereocenters. The quantitative estimate of drug-likeness (QED) is 0.845. The summed E-state index contributed by atoms with van der Waals surface area (Å²) < 4.78 is 54.4. The van der Waals surface area contributed by atoms with Gasteiger partial charge < -0.3 is 10.5 Å². The Morgan fingerprint density at radius 3 is 2.43 bits per heavy atom. The highest BCUT2D eigenvalue weighted by Gasteiger charge is 2.32. The number of nitrogens with two attached hydrogens (primary N) is 1. The summed E-state index contributed by atoms with van der Waals surface area (Å²) in [6.07, 6.45) is -4.81. The van der Waals surface area contributed by atoms with Crippen LogP contribution in [-0.4, -0.2) is 6.36 Å². The maximum Gasteiger partial charge on any atom is 0.573 e. The Hall–Kier alpha value is -1.79. The molecule has 112 valence electrons. The van der Waals surface area contributed by atoms with Crippen LogP contribution in [0.5, 0.6) is 5.75 Å². The summed E-state index contributed by atoms with van der Waals surface area (Å²) in [5.74, 6) is -0.942. The summed E-state index contributed by atoms with van der Waals surface area (Å²) in [7, 11) is 0. The monoisotopic (exact) mass is 319 g/mol. The third-order valence-corrected chi connectivity index (χ3v) is 2.98. The Labute approximate surface area is 123 Å². The van der Waals surface area contributed by atoms with Gasteiger partial charge in [0.2, 0.25) is 0 Å². The lowest BCUT2D eigenvalue weighted by atomic mass is 10.0. The minimum Gasteiger partial charge on any atom is -0.405 e. The average molecular weight is 320 g/mol. The Bertz CT molecular complexity index is 658. The van der Waals surface area contributed by atoms with E-state index in [1.807, 2.05) is 0 Å². The molecular formula is C14H10ClF4NO. The predicted octanol–water partition coefficient (Wildman–Crippen LogP) is 4.50. The predicted molar refractivity (Wildman–Crippen MR) is 71.4 cm³/mol. The van der Waals surface area contributed by atoms with Crippen LogP contribution >= 0.6 is 11.6 Å². The first kappa shape index (κ1) is 15.6. The third-order valence-electron chi connectivity index (χ3n) is 2.75. The van der Waals surface area contributed by atoms with Crippen molar-refractivity contribution in [3.63, 3.8) is 0 Å². The number of benzene rings is 2. The van der Waals surface area contributed by atoms with E-state index in [1.54, 1.807) is 0 Å². The molecule has 0 spiro atoms. The summed E-state index contributed by atoms with van der Waals surface area (Å²) in [6, 6.07) is 7.71. The lowest BCUT2D eigenvalue weighted by Crippen LogP contribution is -2.18. The van der Waals surface area contributed by atoms with Crippen molar-refractivity contribution in [1.82, 2.24) is 0 Å². The van der Waals surface area contributed by atoms with E-state index in [0.29, 0.717) is 10.6 Å². The van der Waals surface area contributed by atoms with Gasteiger partial charge in [0.05, 0.1) is 0 Å². The smallest absolute Gasteiger partial charge is 0.405 e. The lowest BCUT2D eigenvalue weighted by molar-refractivity contribution is -0.274. The fourth-order valence-corrected chi connectivity index (χ4v) is 2.02. The van der Waals surface area contributed by atoms with E-state index in [9.17, 15) is 17.6 Å². The molecule has 2 aromatic rings. The van der Waals surface area contributed by atoms with Crippen molar-refractivity contribution in [3.8, 4) is 16.9 Å². The molecule has 0 radical (unpaired) electrons. The van der Waals surface area contributed by atoms with E-state index < -0.39 is 17.9 Å². The van der Waals surface area contributed by atoms with Crippen LogP contribution in [-0.2, 0) is 6.54 Å². The van der Waals surface area contributed by atoms with Gasteiger partial charge in [-0.25, -0.2) is 4.39 Å². The summed E-state index contributed by atoms with van der Waals surface area (Å²) in [4.78, 5) is 0. The molecule has 0 aliphatic carbocycles. The van der Waals surface area contributed by atoms with Crippen molar-refractivity contribution in [1.29, 1.82) is 0 Å². The van der Waals surface area contributed by atoms with Gasteiger partial charge in [-0.15, -0.1) is 13.2 Å². The van der Waals surface area contributed by atoms with E-state index in [-0.39, 0.29) is 17.7 Å². The first-order chi connectivity index (χ1) is 9.80. The van der Waals surface area contributed by atoms with E-state index in [0.717, 1.165) is 6.07 Å². The molecule has 21 heavy (non-hydrogen) atoms. The molecule has 0 heterocycles. The van der Waals surface area contributed by atoms with Gasteiger partial charge in [0.1, 0.15) is 11.6 Å². The molecule has 0 aromatic heterocycles. The second-order valence-electron chi connectivity index (χ2n) is 4.20. The van der Waals surface area contributed by atoms with Gasteiger partial charge in [0, 0.05) is 22.7 Å². The molecule has 2 nitrogen and oxygen atoms in total. The Morgan fingerprint density at radius 2 is 1.81 bits per heavy atom. The fourth-order valence-electron chi connectivity index (χ4n) is 1.85. The maximum atomic E-state index is 13.8. The van der Waals surface area contributed by atoms with Crippen molar-refractivity contribution in [3.05, 3.63) is 52.8 Å². The third kappa shape index (κ3) is 3.86. The Kier molecular flexibility index (Phi) is 4.39. The zero-order valence-corrected chi connectivity index (χ0v) is 11.3. The van der Waals surface area contributed by atoms with Crippen molar-refractivity contribution in [2.75, 3.05) is 0 Å². The van der Waals surface area contributed by atoms with E-state index in [2.05, 4.69) is 4.74 Å². The van der Waals surface area contributed by atoms with Crippen LogP contribution in [0.3, 0.4) is 0 Å². The molecule has 0 saturated heterocycles. The molecule has 0 unspecified atom stereocenters. The number of ether oxygens (including phenoxy) is 1. The molecule has 2 N–H and O–H groups in total. The molecule has 0 aliphatic heterocycles. The van der Waals surface area contributed by atoms with E-state index >= 15 is 0 Å². The molecule has 2 aromatic carbocycles. The summed E-state index contributed by atoms with van der Waals surface area (Å²) in [5.41, 5.74) is 6.07. The molecule has 0 bridgehead atoms. The minimum absolute atomic E-state index is 0.115. The van der Waals surface area contributed by atoms with Gasteiger partial charge in [-0.3, -0.25) is 0 Å². The SMILES string of the molecule is NCc1cc(-c2cc(Cl)ccc2F)ccc1OC(F)(F)F. The van der Waals surface area contributed by atoms with Crippen LogP contribution in [0, 0.1) is 5.82 Å². The van der Waals surface area contributed by atoms with Crippen LogP contribution in [0.15, 0.2) is 36.4 Å². The Balaban J connectivity index is 2.46. The normalized spacial score (nSPS) is 11.5. The number of hydrogen-bond acceptors (Lipinski definition) is 2. The van der Waals surface area contributed by atoms with Crippen LogP contribution in [0.2, 0.25) is 5.02 Å². The van der Waals surface area contributed by atoms with Crippen LogP contribution in [0.25, 0.3) is 11.1 Å². The second kappa shape index (κ2) is 5.91. The Morgan fingerprint density at radius 1 is 1.10 bits per heavy atom. The van der Waals surface area contributed by atoms with Gasteiger partial charge in [0.25, 0.3) is 0 Å². The number of rotatable bonds is 3. The zero-order chi connectivity index (χ0) is 15.6. The summed E-state index contributed by atoms with van der Waals surface area (Å²) in [6.45, 7) is -0.179.